The highest BCUT2D eigenvalue weighted by molar-refractivity contribution is 5.78. The first kappa shape index (κ1) is 23.1. The maximum Gasteiger partial charge on any atom is 0.317 e. The minimum Gasteiger partial charge on any atom is -0.352 e. The molecule has 2 aromatic carbocycles. The van der Waals surface area contributed by atoms with Gasteiger partial charge in [-0.05, 0) is 36.6 Å². The number of hydrogen-bond acceptors (Lipinski definition) is 3. The lowest BCUT2D eigenvalue weighted by Crippen LogP contribution is -2.38. The fourth-order valence-corrected chi connectivity index (χ4v) is 3.48. The van der Waals surface area contributed by atoms with E-state index in [1.54, 1.807) is 11.9 Å². The zero-order chi connectivity index (χ0) is 22.9. The van der Waals surface area contributed by atoms with Crippen LogP contribution in [0.1, 0.15) is 34.5 Å². The molecule has 0 aliphatic rings. The van der Waals surface area contributed by atoms with Gasteiger partial charge in [-0.1, -0.05) is 54.6 Å². The van der Waals surface area contributed by atoms with Gasteiger partial charge in [-0.3, -0.25) is 9.48 Å². The summed E-state index contributed by atoms with van der Waals surface area (Å²) in [4.78, 5) is 26.0. The standard InChI is InChI=1S/C25H31N5O2/c1-19-14-20(2)30(28-19)18-23-11-7-10-22(15-23)16-27-24(31)12-13-26-25(32)29(3)17-21-8-5-4-6-9-21/h4-11,14-15H,12-13,16-18H2,1-3H3,(H,26,32)(H,27,31). The molecule has 0 bridgehead atoms. The highest BCUT2D eigenvalue weighted by Gasteiger charge is 2.10. The fraction of sp³-hybridized carbons (Fsp3) is 0.320. The molecule has 1 heterocycles. The number of benzene rings is 2. The highest BCUT2D eigenvalue weighted by Crippen LogP contribution is 2.10. The van der Waals surface area contributed by atoms with E-state index in [1.807, 2.05) is 61.0 Å². The smallest absolute Gasteiger partial charge is 0.317 e. The molecule has 2 N–H and O–H groups in total. The van der Waals surface area contributed by atoms with E-state index in [0.29, 0.717) is 26.2 Å². The Kier molecular flexibility index (Phi) is 8.02. The number of nitrogens with zero attached hydrogens (tertiary/aromatic N) is 3. The Hall–Kier alpha value is -3.61. The minimum atomic E-state index is -0.196. The van der Waals surface area contributed by atoms with Crippen LogP contribution in [0.3, 0.4) is 0 Å². The van der Waals surface area contributed by atoms with Crippen LogP contribution in [0.15, 0.2) is 60.7 Å². The summed E-state index contributed by atoms with van der Waals surface area (Å²) >= 11 is 0. The third-order valence-electron chi connectivity index (χ3n) is 5.15. The first-order chi connectivity index (χ1) is 15.4. The fourth-order valence-electron chi connectivity index (χ4n) is 3.48. The summed E-state index contributed by atoms with van der Waals surface area (Å²) in [6, 6.07) is 19.8. The molecule has 0 atom stereocenters. The molecule has 3 rings (SSSR count). The Labute approximate surface area is 189 Å². The number of urea groups is 1. The van der Waals surface area contributed by atoms with E-state index in [0.717, 1.165) is 28.1 Å². The first-order valence-electron chi connectivity index (χ1n) is 10.8. The van der Waals surface area contributed by atoms with Crippen LogP contribution in [-0.4, -0.2) is 40.2 Å². The first-order valence-corrected chi connectivity index (χ1v) is 10.8. The van der Waals surface area contributed by atoms with Crippen molar-refractivity contribution in [3.05, 3.63) is 88.7 Å². The van der Waals surface area contributed by atoms with E-state index >= 15 is 0 Å². The molecule has 0 radical (unpaired) electrons. The lowest BCUT2D eigenvalue weighted by atomic mass is 10.1. The van der Waals surface area contributed by atoms with Gasteiger partial charge in [-0.15, -0.1) is 0 Å². The zero-order valence-electron chi connectivity index (χ0n) is 19.0. The molecule has 0 aliphatic carbocycles. The number of nitrogens with one attached hydrogen (secondary N) is 2. The third kappa shape index (κ3) is 6.97. The number of carbonyl (C=O) groups excluding carboxylic acids is 2. The molecule has 3 aromatic rings. The summed E-state index contributed by atoms with van der Waals surface area (Å²) in [6.45, 7) is 5.99. The van der Waals surface area contributed by atoms with Crippen molar-refractivity contribution in [2.45, 2.75) is 39.9 Å². The Morgan fingerprint density at radius 2 is 1.66 bits per heavy atom. The van der Waals surface area contributed by atoms with Crippen LogP contribution in [0, 0.1) is 13.8 Å². The summed E-state index contributed by atoms with van der Waals surface area (Å²) in [7, 11) is 1.74. The van der Waals surface area contributed by atoms with Crippen molar-refractivity contribution in [3.63, 3.8) is 0 Å². The van der Waals surface area contributed by atoms with Crippen molar-refractivity contribution in [2.75, 3.05) is 13.6 Å². The number of hydrogen-bond donors (Lipinski definition) is 2. The van der Waals surface area contributed by atoms with Crippen molar-refractivity contribution < 1.29 is 9.59 Å². The van der Waals surface area contributed by atoms with Crippen LogP contribution in [0.4, 0.5) is 4.79 Å². The molecule has 0 saturated carbocycles. The van der Waals surface area contributed by atoms with Crippen LogP contribution in [0.25, 0.3) is 0 Å². The van der Waals surface area contributed by atoms with Crippen molar-refractivity contribution in [1.29, 1.82) is 0 Å². The number of carbonyl (C=O) groups is 2. The SMILES string of the molecule is Cc1cc(C)n(Cc2cccc(CNC(=O)CCNC(=O)N(C)Cc3ccccc3)c2)n1. The topological polar surface area (TPSA) is 79.3 Å². The summed E-state index contributed by atoms with van der Waals surface area (Å²) < 4.78 is 1.98. The van der Waals surface area contributed by atoms with Gasteiger partial charge in [0.2, 0.25) is 5.91 Å². The predicted molar refractivity (Wildman–Crippen MR) is 125 cm³/mol. The molecule has 168 valence electrons. The molecule has 1 aromatic heterocycles. The van der Waals surface area contributed by atoms with E-state index in [9.17, 15) is 9.59 Å². The van der Waals surface area contributed by atoms with Crippen LogP contribution in [-0.2, 0) is 24.4 Å². The third-order valence-corrected chi connectivity index (χ3v) is 5.15. The van der Waals surface area contributed by atoms with E-state index in [2.05, 4.69) is 33.9 Å². The largest absolute Gasteiger partial charge is 0.352 e. The molecule has 0 unspecified atom stereocenters. The van der Waals surface area contributed by atoms with Crippen LogP contribution >= 0.6 is 0 Å². The molecule has 32 heavy (non-hydrogen) atoms. The van der Waals surface area contributed by atoms with E-state index in [4.69, 9.17) is 0 Å². The Morgan fingerprint density at radius 3 is 2.38 bits per heavy atom. The molecular weight excluding hydrogens is 402 g/mol. The van der Waals surface area contributed by atoms with Gasteiger partial charge in [0.05, 0.1) is 12.2 Å². The van der Waals surface area contributed by atoms with Crippen LogP contribution in [0.5, 0.6) is 0 Å². The van der Waals surface area contributed by atoms with Gasteiger partial charge in [0.1, 0.15) is 0 Å². The molecular formula is C25H31N5O2. The lowest BCUT2D eigenvalue weighted by molar-refractivity contribution is -0.121. The summed E-state index contributed by atoms with van der Waals surface area (Å²) in [5.74, 6) is -0.0973. The van der Waals surface area contributed by atoms with Gasteiger partial charge in [0.15, 0.2) is 0 Å². The minimum absolute atomic E-state index is 0.0973. The van der Waals surface area contributed by atoms with E-state index < -0.39 is 0 Å². The molecule has 7 heteroatoms. The average molecular weight is 434 g/mol. The molecule has 7 nitrogen and oxygen atoms in total. The van der Waals surface area contributed by atoms with Crippen molar-refractivity contribution in [2.24, 2.45) is 0 Å². The molecule has 0 spiro atoms. The number of aromatic nitrogens is 2. The summed E-state index contributed by atoms with van der Waals surface area (Å²) in [6.07, 6.45) is 0.233. The second kappa shape index (κ2) is 11.1. The maximum atomic E-state index is 12.2. The summed E-state index contributed by atoms with van der Waals surface area (Å²) in [5.41, 5.74) is 5.35. The van der Waals surface area contributed by atoms with Crippen LogP contribution < -0.4 is 10.6 Å². The lowest BCUT2D eigenvalue weighted by Gasteiger charge is -2.18. The van der Waals surface area contributed by atoms with Crippen molar-refractivity contribution in [1.82, 2.24) is 25.3 Å². The maximum absolute atomic E-state index is 12.2. The second-order valence-corrected chi connectivity index (χ2v) is 8.01. The second-order valence-electron chi connectivity index (χ2n) is 8.01. The van der Waals surface area contributed by atoms with E-state index in [-0.39, 0.29) is 18.4 Å². The number of rotatable bonds is 9. The normalized spacial score (nSPS) is 10.6. The molecule has 0 saturated heterocycles. The van der Waals surface area contributed by atoms with Gasteiger partial charge in [-0.25, -0.2) is 4.79 Å². The molecule has 3 amide bonds. The number of aryl methyl sites for hydroxylation is 2. The van der Waals surface area contributed by atoms with Crippen molar-refractivity contribution in [3.8, 4) is 0 Å². The average Bonchev–Trinajstić information content (AvgIpc) is 3.09. The van der Waals surface area contributed by atoms with Crippen LogP contribution in [0.2, 0.25) is 0 Å². The molecule has 0 fully saturated rings. The zero-order valence-corrected chi connectivity index (χ0v) is 19.0. The summed E-state index contributed by atoms with van der Waals surface area (Å²) in [5, 5.41) is 10.2. The van der Waals surface area contributed by atoms with Gasteiger partial charge >= 0.3 is 6.03 Å². The quantitative estimate of drug-likeness (QED) is 0.543. The van der Waals surface area contributed by atoms with Gasteiger partial charge in [-0.2, -0.15) is 5.10 Å². The highest BCUT2D eigenvalue weighted by atomic mass is 16.2. The Morgan fingerprint density at radius 1 is 0.938 bits per heavy atom. The number of amides is 3. The van der Waals surface area contributed by atoms with Gasteiger partial charge in [0, 0.05) is 38.8 Å². The van der Waals surface area contributed by atoms with Gasteiger partial charge < -0.3 is 15.5 Å². The monoisotopic (exact) mass is 433 g/mol. The Bertz CT molecular complexity index is 1050. The van der Waals surface area contributed by atoms with Gasteiger partial charge in [0.25, 0.3) is 0 Å². The van der Waals surface area contributed by atoms with E-state index in [1.165, 1.54) is 0 Å². The van der Waals surface area contributed by atoms with Crippen molar-refractivity contribution >= 4 is 11.9 Å². The predicted octanol–water partition coefficient (Wildman–Crippen LogP) is 3.40. The molecule has 0 aliphatic heterocycles. The Balaban J connectivity index is 1.39.